The first-order valence-electron chi connectivity index (χ1n) is 18.4. The summed E-state index contributed by atoms with van der Waals surface area (Å²) >= 11 is 0. The molecule has 0 bridgehead atoms. The minimum atomic E-state index is -1.30. The average Bonchev–Trinajstić information content (AvgIpc) is 3.15. The van der Waals surface area contributed by atoms with Gasteiger partial charge in [-0.1, -0.05) is 105 Å². The van der Waals surface area contributed by atoms with Crippen molar-refractivity contribution >= 4 is 29.8 Å². The van der Waals surface area contributed by atoms with Crippen molar-refractivity contribution in [2.24, 2.45) is 5.92 Å². The highest BCUT2D eigenvalue weighted by Crippen LogP contribution is 2.14. The van der Waals surface area contributed by atoms with Crippen molar-refractivity contribution in [2.45, 2.75) is 110 Å². The summed E-state index contributed by atoms with van der Waals surface area (Å²) in [5, 5.41) is 10.9. The van der Waals surface area contributed by atoms with Crippen LogP contribution in [0.15, 0.2) is 91.0 Å². The molecule has 13 nitrogen and oxygen atoms in total. The van der Waals surface area contributed by atoms with Crippen LogP contribution in [0.5, 0.6) is 0 Å². The number of esters is 1. The van der Waals surface area contributed by atoms with Crippen LogP contribution in [0, 0.1) is 5.92 Å². The van der Waals surface area contributed by atoms with E-state index in [-0.39, 0.29) is 25.6 Å². The second-order valence-corrected chi connectivity index (χ2v) is 14.6. The summed E-state index contributed by atoms with van der Waals surface area (Å²) in [4.78, 5) is 67.9. The molecule has 0 saturated heterocycles. The zero-order valence-corrected chi connectivity index (χ0v) is 33.0. The standard InChI is InChI=1S/C42H56N4O9/c1-27(2)34(40(50)52-8)44-39(49)35(28(3)53-25-31-20-14-10-15-21-31)45-37(47)33(24-30-18-12-9-13-19-30)43-38(48)36(46-41(51)55-42(5,6)7)29(4)54-26-32-22-16-11-17-23-32/h9-23,27-29,33-36H,24-26H2,1-8H3,(H,43,48)(H,44,49)(H,45,47)(H,46,51)/t28-,29-,33-,34+,35+,36+/m1/s1. The molecular formula is C42H56N4O9. The van der Waals surface area contributed by atoms with Crippen LogP contribution in [0.1, 0.15) is 65.2 Å². The Morgan fingerprint density at radius 3 is 1.42 bits per heavy atom. The van der Waals surface area contributed by atoms with Gasteiger partial charge in [-0.05, 0) is 57.2 Å². The van der Waals surface area contributed by atoms with Crippen LogP contribution in [0.2, 0.25) is 0 Å². The van der Waals surface area contributed by atoms with Crippen molar-refractivity contribution in [1.82, 2.24) is 21.3 Å². The molecule has 0 aromatic heterocycles. The van der Waals surface area contributed by atoms with Gasteiger partial charge in [0.15, 0.2) is 0 Å². The Morgan fingerprint density at radius 1 is 0.564 bits per heavy atom. The quantitative estimate of drug-likeness (QED) is 0.127. The first kappa shape index (κ1) is 44.1. The van der Waals surface area contributed by atoms with E-state index in [0.717, 1.165) is 11.1 Å². The molecule has 3 aromatic rings. The Balaban J connectivity index is 1.93. The smallest absolute Gasteiger partial charge is 0.408 e. The molecule has 0 aliphatic rings. The van der Waals surface area contributed by atoms with E-state index in [4.69, 9.17) is 18.9 Å². The topological polar surface area (TPSA) is 170 Å². The van der Waals surface area contributed by atoms with Gasteiger partial charge in [0.1, 0.15) is 29.8 Å². The molecule has 0 spiro atoms. The number of methoxy groups -OCH3 is 1. The number of alkyl carbamates (subject to hydrolysis) is 1. The number of carbonyl (C=O) groups is 5. The summed E-state index contributed by atoms with van der Waals surface area (Å²) in [6.07, 6.45) is -2.58. The highest BCUT2D eigenvalue weighted by molar-refractivity contribution is 5.95. The second kappa shape index (κ2) is 21.6. The van der Waals surface area contributed by atoms with Crippen molar-refractivity contribution < 1.29 is 42.9 Å². The van der Waals surface area contributed by atoms with Crippen molar-refractivity contribution in [2.75, 3.05) is 7.11 Å². The third-order valence-electron chi connectivity index (χ3n) is 8.52. The first-order chi connectivity index (χ1) is 26.1. The van der Waals surface area contributed by atoms with Crippen LogP contribution in [0.3, 0.4) is 0 Å². The van der Waals surface area contributed by atoms with Crippen molar-refractivity contribution in [3.63, 3.8) is 0 Å². The number of amides is 4. The molecule has 6 atom stereocenters. The lowest BCUT2D eigenvalue weighted by atomic mass is 10.0. The van der Waals surface area contributed by atoms with Gasteiger partial charge in [0.05, 0.1) is 32.5 Å². The fourth-order valence-corrected chi connectivity index (χ4v) is 5.47. The zero-order valence-electron chi connectivity index (χ0n) is 33.0. The van der Waals surface area contributed by atoms with E-state index >= 15 is 0 Å². The maximum atomic E-state index is 14.3. The van der Waals surface area contributed by atoms with E-state index in [1.807, 2.05) is 66.7 Å². The largest absolute Gasteiger partial charge is 0.467 e. The maximum Gasteiger partial charge on any atom is 0.408 e. The van der Waals surface area contributed by atoms with E-state index in [9.17, 15) is 24.0 Å². The van der Waals surface area contributed by atoms with Crippen molar-refractivity contribution in [3.05, 3.63) is 108 Å². The van der Waals surface area contributed by atoms with Gasteiger partial charge in [-0.3, -0.25) is 14.4 Å². The highest BCUT2D eigenvalue weighted by Gasteiger charge is 2.37. The van der Waals surface area contributed by atoms with Gasteiger partial charge in [0.25, 0.3) is 0 Å². The Hall–Kier alpha value is -5.27. The first-order valence-corrected chi connectivity index (χ1v) is 18.4. The molecule has 0 unspecified atom stereocenters. The molecule has 3 rings (SSSR count). The summed E-state index contributed by atoms with van der Waals surface area (Å²) in [6, 6.07) is 22.8. The molecule has 0 aliphatic carbocycles. The van der Waals surface area contributed by atoms with Gasteiger partial charge in [-0.15, -0.1) is 0 Å². The number of hydrogen-bond donors (Lipinski definition) is 4. The predicted octanol–water partition coefficient (Wildman–Crippen LogP) is 4.62. The third-order valence-corrected chi connectivity index (χ3v) is 8.52. The molecule has 4 N–H and O–H groups in total. The SMILES string of the molecule is COC(=O)[C@@H](NC(=O)[C@@H](NC(=O)[C@@H](Cc1ccccc1)NC(=O)[C@@H](NC(=O)OC(C)(C)C)[C@@H](C)OCc1ccccc1)[C@@H](C)OCc1ccccc1)C(C)C. The summed E-state index contributed by atoms with van der Waals surface area (Å²) in [5.74, 6) is -3.09. The molecule has 3 aromatic carbocycles. The molecular weight excluding hydrogens is 704 g/mol. The number of carbonyl (C=O) groups excluding carboxylic acids is 5. The van der Waals surface area contributed by atoms with E-state index in [1.54, 1.807) is 72.7 Å². The minimum Gasteiger partial charge on any atom is -0.467 e. The average molecular weight is 761 g/mol. The molecule has 0 saturated carbocycles. The van der Waals surface area contributed by atoms with Crippen LogP contribution >= 0.6 is 0 Å². The molecule has 0 aliphatic heterocycles. The highest BCUT2D eigenvalue weighted by atomic mass is 16.6. The van der Waals surface area contributed by atoms with Crippen molar-refractivity contribution in [3.8, 4) is 0 Å². The lowest BCUT2D eigenvalue weighted by Crippen LogP contribution is -2.62. The second-order valence-electron chi connectivity index (χ2n) is 14.6. The number of ether oxygens (including phenoxy) is 4. The van der Waals surface area contributed by atoms with Crippen LogP contribution in [-0.2, 0) is 57.8 Å². The lowest BCUT2D eigenvalue weighted by molar-refractivity contribution is -0.147. The van der Waals surface area contributed by atoms with Crippen LogP contribution in [0.4, 0.5) is 4.79 Å². The Morgan fingerprint density at radius 2 is 0.982 bits per heavy atom. The molecule has 55 heavy (non-hydrogen) atoms. The van der Waals surface area contributed by atoms with Gasteiger partial charge in [-0.25, -0.2) is 9.59 Å². The van der Waals surface area contributed by atoms with E-state index < -0.39 is 71.8 Å². The normalized spacial score (nSPS) is 14.6. The Bertz CT molecular complexity index is 1670. The lowest BCUT2D eigenvalue weighted by Gasteiger charge is -2.31. The molecule has 4 amide bonds. The third kappa shape index (κ3) is 15.2. The summed E-state index contributed by atoms with van der Waals surface area (Å²) in [7, 11) is 1.23. The molecule has 298 valence electrons. The van der Waals surface area contributed by atoms with Crippen LogP contribution < -0.4 is 21.3 Å². The Kier molecular flexibility index (Phi) is 17.3. The summed E-state index contributed by atoms with van der Waals surface area (Å²) < 4.78 is 22.5. The molecule has 0 heterocycles. The van der Waals surface area contributed by atoms with Crippen molar-refractivity contribution in [1.29, 1.82) is 0 Å². The van der Waals surface area contributed by atoms with Gasteiger partial charge in [-0.2, -0.15) is 0 Å². The number of nitrogens with one attached hydrogen (secondary N) is 4. The monoisotopic (exact) mass is 760 g/mol. The summed E-state index contributed by atoms with van der Waals surface area (Å²) in [5.41, 5.74) is 1.56. The molecule has 0 radical (unpaired) electrons. The van der Waals surface area contributed by atoms with E-state index in [2.05, 4.69) is 21.3 Å². The maximum absolute atomic E-state index is 14.3. The van der Waals surface area contributed by atoms with Crippen LogP contribution in [0.25, 0.3) is 0 Å². The van der Waals surface area contributed by atoms with E-state index in [1.165, 1.54) is 7.11 Å². The fraction of sp³-hybridized carbons (Fsp3) is 0.452. The molecule has 13 heteroatoms. The van der Waals surface area contributed by atoms with Gasteiger partial charge in [0.2, 0.25) is 17.7 Å². The molecule has 0 fully saturated rings. The number of rotatable bonds is 19. The zero-order chi connectivity index (χ0) is 40.5. The fourth-order valence-electron chi connectivity index (χ4n) is 5.47. The van der Waals surface area contributed by atoms with E-state index in [0.29, 0.717) is 5.56 Å². The summed E-state index contributed by atoms with van der Waals surface area (Å²) in [6.45, 7) is 12.1. The number of benzene rings is 3. The predicted molar refractivity (Wildman–Crippen MR) is 207 cm³/mol. The van der Waals surface area contributed by atoms with Gasteiger partial charge in [0, 0.05) is 6.42 Å². The Labute approximate surface area is 324 Å². The minimum absolute atomic E-state index is 0.0290. The van der Waals surface area contributed by atoms with Crippen LogP contribution in [-0.4, -0.2) is 78.9 Å². The number of hydrogen-bond acceptors (Lipinski definition) is 9. The van der Waals surface area contributed by atoms with Gasteiger partial charge >= 0.3 is 12.1 Å². The van der Waals surface area contributed by atoms with Gasteiger partial charge < -0.3 is 40.2 Å².